The lowest BCUT2D eigenvalue weighted by Gasteiger charge is -2.23. The molecule has 2 N–H and O–H groups in total. The van der Waals surface area contributed by atoms with Gasteiger partial charge in [0.15, 0.2) is 0 Å². The van der Waals surface area contributed by atoms with Crippen LogP contribution in [0.5, 0.6) is 0 Å². The van der Waals surface area contributed by atoms with E-state index in [1.807, 2.05) is 6.08 Å². The number of sulfonamides is 1. The summed E-state index contributed by atoms with van der Waals surface area (Å²) in [6.45, 7) is 6.95. The number of nitrogens with zero attached hydrogens (tertiary/aromatic N) is 1. The molecule has 0 radical (unpaired) electrons. The molecule has 0 spiro atoms. The van der Waals surface area contributed by atoms with Gasteiger partial charge in [-0.15, -0.1) is 6.42 Å². The van der Waals surface area contributed by atoms with Gasteiger partial charge in [0, 0.05) is 12.0 Å². The number of carbonyl (C=O) groups is 1. The highest BCUT2D eigenvalue weighted by atomic mass is 32.2. The van der Waals surface area contributed by atoms with Crippen LogP contribution >= 0.6 is 11.8 Å². The largest absolute Gasteiger partial charge is 0.497 e. The monoisotopic (exact) mass is 516 g/mol. The summed E-state index contributed by atoms with van der Waals surface area (Å²) in [6.07, 6.45) is 17.1. The normalized spacial score (nSPS) is 24.5. The van der Waals surface area contributed by atoms with Gasteiger partial charge >= 0.3 is 5.97 Å². The predicted molar refractivity (Wildman–Crippen MR) is 142 cm³/mol. The van der Waals surface area contributed by atoms with E-state index >= 15 is 0 Å². The van der Waals surface area contributed by atoms with Crippen molar-refractivity contribution in [2.75, 3.05) is 7.11 Å². The van der Waals surface area contributed by atoms with Gasteiger partial charge in [-0.1, -0.05) is 62.6 Å². The number of hydrogen-bond donors (Lipinski definition) is 2. The molecule has 0 aromatic heterocycles. The van der Waals surface area contributed by atoms with Crippen LogP contribution in [-0.2, 0) is 19.6 Å². The lowest BCUT2D eigenvalue weighted by molar-refractivity contribution is -0.140. The first-order valence-corrected chi connectivity index (χ1v) is 13.6. The second-order valence-corrected chi connectivity index (χ2v) is 11.5. The van der Waals surface area contributed by atoms with Crippen molar-refractivity contribution < 1.29 is 23.1 Å². The van der Waals surface area contributed by atoms with Crippen LogP contribution in [0.25, 0.3) is 0 Å². The molecule has 1 aliphatic heterocycles. The number of aliphatic carboxylic acids is 1. The summed E-state index contributed by atoms with van der Waals surface area (Å²) in [5, 5.41) is 9.91. The summed E-state index contributed by atoms with van der Waals surface area (Å²) in [7, 11) is -2.42. The zero-order valence-corrected chi connectivity index (χ0v) is 22.2. The predicted octanol–water partition coefficient (Wildman–Crippen LogP) is 3.94. The fourth-order valence-corrected chi connectivity index (χ4v) is 6.16. The van der Waals surface area contributed by atoms with Gasteiger partial charge in [-0.25, -0.2) is 8.42 Å². The first-order chi connectivity index (χ1) is 16.5. The van der Waals surface area contributed by atoms with Crippen molar-refractivity contribution in [2.45, 2.75) is 45.4 Å². The van der Waals surface area contributed by atoms with Crippen molar-refractivity contribution in [3.8, 4) is 24.3 Å². The van der Waals surface area contributed by atoms with E-state index in [1.54, 1.807) is 34.0 Å². The maximum atomic E-state index is 12.8. The SMILES string of the molecule is C#CC(/C=C\C(=C/C)S(=O)(=O)N[C@@H](C(=O)O)C(C)C)C1=NC#CC(C2C=CC(OC)=CC(C)C2)S1. The fourth-order valence-electron chi connectivity index (χ4n) is 3.61. The van der Waals surface area contributed by atoms with Crippen molar-refractivity contribution in [3.05, 3.63) is 47.1 Å². The Kier molecular flexibility index (Phi) is 10.5. The van der Waals surface area contributed by atoms with E-state index in [1.165, 1.54) is 23.9 Å². The van der Waals surface area contributed by atoms with Crippen LogP contribution < -0.4 is 4.72 Å². The summed E-state index contributed by atoms with van der Waals surface area (Å²) < 4.78 is 33.2. The van der Waals surface area contributed by atoms with Crippen LogP contribution in [0, 0.1) is 48.0 Å². The number of carboxylic acid groups (broad SMARTS) is 1. The Morgan fingerprint density at radius 2 is 2.17 bits per heavy atom. The molecule has 0 fully saturated rings. The minimum atomic E-state index is -4.07. The van der Waals surface area contributed by atoms with Crippen molar-refractivity contribution in [1.29, 1.82) is 0 Å². The van der Waals surface area contributed by atoms with E-state index in [-0.39, 0.29) is 16.1 Å². The van der Waals surface area contributed by atoms with Crippen LogP contribution in [0.15, 0.2) is 52.1 Å². The highest BCUT2D eigenvalue weighted by Crippen LogP contribution is 2.34. The first-order valence-electron chi connectivity index (χ1n) is 11.3. The van der Waals surface area contributed by atoms with Crippen LogP contribution in [0.4, 0.5) is 0 Å². The lowest BCUT2D eigenvalue weighted by atomic mass is 9.94. The van der Waals surface area contributed by atoms with Gasteiger partial charge in [0.25, 0.3) is 0 Å². The number of terminal acetylenes is 1. The third kappa shape index (κ3) is 7.90. The smallest absolute Gasteiger partial charge is 0.322 e. The summed E-state index contributed by atoms with van der Waals surface area (Å²) >= 11 is 1.48. The zero-order valence-electron chi connectivity index (χ0n) is 20.6. The first kappa shape index (κ1) is 28.5. The van der Waals surface area contributed by atoms with E-state index in [4.69, 9.17) is 11.2 Å². The molecule has 1 aliphatic carbocycles. The second kappa shape index (κ2) is 12.8. The van der Waals surface area contributed by atoms with Crippen molar-refractivity contribution in [1.82, 2.24) is 4.72 Å². The average Bonchev–Trinajstić information content (AvgIpc) is 3.01. The molecule has 188 valence electrons. The number of allylic oxidation sites excluding steroid dienone is 6. The van der Waals surface area contributed by atoms with Crippen LogP contribution in [0.3, 0.4) is 0 Å². The Balaban J connectivity index is 2.17. The Labute approximate surface area is 212 Å². The molecule has 0 saturated carbocycles. The third-order valence-corrected chi connectivity index (χ3v) is 8.42. The number of rotatable bonds is 10. The van der Waals surface area contributed by atoms with Gasteiger partial charge < -0.3 is 9.84 Å². The highest BCUT2D eigenvalue weighted by molar-refractivity contribution is 8.14. The minimum Gasteiger partial charge on any atom is -0.497 e. The van der Waals surface area contributed by atoms with E-state index in [2.05, 4.69) is 46.7 Å². The summed E-state index contributed by atoms with van der Waals surface area (Å²) in [5.74, 6) is 4.87. The van der Waals surface area contributed by atoms with E-state index in [0.29, 0.717) is 11.0 Å². The molecule has 0 saturated heterocycles. The molecule has 35 heavy (non-hydrogen) atoms. The van der Waals surface area contributed by atoms with Gasteiger partial charge in [-0.2, -0.15) is 9.71 Å². The molecule has 0 aromatic rings. The van der Waals surface area contributed by atoms with Gasteiger partial charge in [0.05, 0.1) is 23.2 Å². The number of aliphatic imine (C=N–C) groups is 1. The number of methoxy groups -OCH3 is 1. The van der Waals surface area contributed by atoms with Crippen LogP contribution in [-0.4, -0.2) is 42.9 Å². The molecular weight excluding hydrogens is 484 g/mol. The minimum absolute atomic E-state index is 0.0518. The van der Waals surface area contributed by atoms with Crippen LogP contribution in [0.1, 0.15) is 34.1 Å². The number of nitrogens with one attached hydrogen (secondary N) is 1. The van der Waals surface area contributed by atoms with Crippen LogP contribution in [0.2, 0.25) is 0 Å². The summed E-state index contributed by atoms with van der Waals surface area (Å²) in [6, 6.07) is 1.59. The van der Waals surface area contributed by atoms with Gasteiger partial charge in [0.1, 0.15) is 16.8 Å². The topological polar surface area (TPSA) is 105 Å². The van der Waals surface area contributed by atoms with E-state index in [9.17, 15) is 18.3 Å². The third-order valence-electron chi connectivity index (χ3n) is 5.55. The molecule has 0 amide bonds. The molecule has 0 bridgehead atoms. The lowest BCUT2D eigenvalue weighted by Crippen LogP contribution is -2.44. The standard InChI is InChI=1S/C26H32N2O5S2/c1-7-19(10-12-22(8-2)35(31,32)28-24(17(3)4)26(29)30)25-27-14-13-23(34-25)20-9-11-21(33-6)16-18(5)15-20/h1,8-12,16-20,23-24,28H,15H2,2-6H3,(H,29,30)/b12-10-,22-8+/t18?,19?,20?,23?,24-/m1/s1. The zero-order chi connectivity index (χ0) is 26.2. The summed E-state index contributed by atoms with van der Waals surface area (Å²) in [5.41, 5.74) is 0. The van der Waals surface area contributed by atoms with Crippen molar-refractivity contribution in [3.63, 3.8) is 0 Å². The molecule has 5 atom stereocenters. The molecule has 1 heterocycles. The molecule has 0 aromatic carbocycles. The summed E-state index contributed by atoms with van der Waals surface area (Å²) in [4.78, 5) is 15.7. The number of thioether (sulfide) groups is 1. The number of carboxylic acids is 1. The molecule has 9 heteroatoms. The molecule has 7 nitrogen and oxygen atoms in total. The van der Waals surface area contributed by atoms with E-state index in [0.717, 1.165) is 12.2 Å². The fraction of sp³-hybridized carbons (Fsp3) is 0.462. The Bertz CT molecular complexity index is 1160. The molecule has 2 rings (SSSR count). The molecular formula is C26H32N2O5S2. The molecule has 4 unspecified atom stereocenters. The number of ether oxygens (including phenoxy) is 1. The second-order valence-electron chi connectivity index (χ2n) is 8.63. The van der Waals surface area contributed by atoms with Crippen molar-refractivity contribution in [2.24, 2.45) is 28.7 Å². The Morgan fingerprint density at radius 1 is 1.46 bits per heavy atom. The Hall–Kier alpha value is -2.72. The van der Waals surface area contributed by atoms with E-state index < -0.39 is 33.9 Å². The van der Waals surface area contributed by atoms with Gasteiger partial charge in [-0.3, -0.25) is 4.79 Å². The average molecular weight is 517 g/mol. The molecule has 2 aliphatic rings. The van der Waals surface area contributed by atoms with Gasteiger partial charge in [-0.05, 0) is 43.4 Å². The highest BCUT2D eigenvalue weighted by Gasteiger charge is 2.30. The Morgan fingerprint density at radius 3 is 2.74 bits per heavy atom. The van der Waals surface area contributed by atoms with Gasteiger partial charge in [0.2, 0.25) is 10.0 Å². The van der Waals surface area contributed by atoms with Crippen molar-refractivity contribution >= 4 is 32.8 Å². The maximum Gasteiger partial charge on any atom is 0.322 e. The number of hydrogen-bond acceptors (Lipinski definition) is 6. The quantitative estimate of drug-likeness (QED) is 0.337. The maximum absolute atomic E-state index is 12.8.